The average Bonchev–Trinajstić information content (AvgIpc) is 1.77. The van der Waals surface area contributed by atoms with E-state index in [0.717, 1.165) is 5.92 Å². The first kappa shape index (κ1) is 8.96. The molecule has 56 valence electrons. The molecule has 1 heterocycles. The van der Waals surface area contributed by atoms with Crippen molar-refractivity contribution in [1.82, 2.24) is 4.90 Å². The van der Waals surface area contributed by atoms with Crippen molar-refractivity contribution in [2.24, 2.45) is 5.92 Å². The summed E-state index contributed by atoms with van der Waals surface area (Å²) in [5, 5.41) is 0. The van der Waals surface area contributed by atoms with Crippen LogP contribution in [-0.2, 0) is 0 Å². The fourth-order valence-corrected chi connectivity index (χ4v) is 1.14. The van der Waals surface area contributed by atoms with Crippen molar-refractivity contribution < 1.29 is 0 Å². The van der Waals surface area contributed by atoms with E-state index in [1.54, 1.807) is 0 Å². The fraction of sp³-hybridized carbons (Fsp3) is 1.00. The van der Waals surface area contributed by atoms with E-state index < -0.39 is 0 Å². The average molecular weight is 129 g/mol. The van der Waals surface area contributed by atoms with Gasteiger partial charge in [0.15, 0.2) is 0 Å². The first-order valence-electron chi connectivity index (χ1n) is 3.47. The molecule has 0 aromatic heterocycles. The Morgan fingerprint density at radius 2 is 1.67 bits per heavy atom. The van der Waals surface area contributed by atoms with Crippen LogP contribution in [0.2, 0.25) is 0 Å². The summed E-state index contributed by atoms with van der Waals surface area (Å²) in [6.45, 7) is 4.95. The van der Waals surface area contributed by atoms with Crippen molar-refractivity contribution in [2.45, 2.75) is 27.2 Å². The number of likely N-dealkylation sites (tertiary alicyclic amines) is 1. The monoisotopic (exact) mass is 129 g/mol. The highest BCUT2D eigenvalue weighted by molar-refractivity contribution is 4.65. The lowest BCUT2D eigenvalue weighted by atomic mass is 10.00. The van der Waals surface area contributed by atoms with Crippen molar-refractivity contribution in [3.05, 3.63) is 0 Å². The standard InChI is InChI=1S/C7H15N.CH4/c1-7-3-5-8(2)6-4-7;/h7H,3-6H2,1-2H3;1H4. The molecule has 0 aromatic rings. The van der Waals surface area contributed by atoms with Crippen LogP contribution in [0.1, 0.15) is 27.2 Å². The van der Waals surface area contributed by atoms with E-state index in [1.807, 2.05) is 0 Å². The molecule has 1 aliphatic heterocycles. The largest absolute Gasteiger partial charge is 0.306 e. The maximum atomic E-state index is 2.40. The predicted molar refractivity (Wildman–Crippen MR) is 42.6 cm³/mol. The van der Waals surface area contributed by atoms with Gasteiger partial charge in [0.2, 0.25) is 0 Å². The third-order valence-corrected chi connectivity index (χ3v) is 2.01. The quantitative estimate of drug-likeness (QED) is 0.483. The number of rotatable bonds is 0. The molecule has 0 atom stereocenters. The summed E-state index contributed by atoms with van der Waals surface area (Å²) in [6, 6.07) is 0. The van der Waals surface area contributed by atoms with Crippen molar-refractivity contribution in [3.8, 4) is 0 Å². The van der Waals surface area contributed by atoms with Gasteiger partial charge in [0.05, 0.1) is 0 Å². The number of hydrogen-bond acceptors (Lipinski definition) is 1. The van der Waals surface area contributed by atoms with Gasteiger partial charge in [-0.3, -0.25) is 0 Å². The Morgan fingerprint density at radius 3 is 2.00 bits per heavy atom. The maximum Gasteiger partial charge on any atom is -0.00192 e. The Balaban J connectivity index is 0.000000640. The molecular formula is C8H19N. The van der Waals surface area contributed by atoms with Gasteiger partial charge >= 0.3 is 0 Å². The zero-order valence-corrected chi connectivity index (χ0v) is 5.85. The van der Waals surface area contributed by atoms with Crippen LogP contribution in [0.5, 0.6) is 0 Å². The second kappa shape index (κ2) is 3.89. The fourth-order valence-electron chi connectivity index (χ4n) is 1.14. The molecule has 1 fully saturated rings. The van der Waals surface area contributed by atoms with Crippen molar-refractivity contribution in [2.75, 3.05) is 20.1 Å². The van der Waals surface area contributed by atoms with Crippen LogP contribution in [-0.4, -0.2) is 25.0 Å². The number of nitrogens with zero attached hydrogens (tertiary/aromatic N) is 1. The zero-order valence-electron chi connectivity index (χ0n) is 5.85. The molecular weight excluding hydrogens is 110 g/mol. The Kier molecular flexibility index (Phi) is 3.87. The maximum absolute atomic E-state index is 2.40. The first-order chi connectivity index (χ1) is 3.79. The summed E-state index contributed by atoms with van der Waals surface area (Å²) in [7, 11) is 2.20. The van der Waals surface area contributed by atoms with Crippen LogP contribution in [0, 0.1) is 5.92 Å². The molecule has 1 saturated heterocycles. The molecule has 0 radical (unpaired) electrons. The Morgan fingerprint density at radius 1 is 1.22 bits per heavy atom. The normalized spacial score (nSPS) is 23.3. The summed E-state index contributed by atoms with van der Waals surface area (Å²) in [5.41, 5.74) is 0. The van der Waals surface area contributed by atoms with Gasteiger partial charge in [-0.15, -0.1) is 0 Å². The van der Waals surface area contributed by atoms with Gasteiger partial charge in [-0.25, -0.2) is 0 Å². The highest BCUT2D eigenvalue weighted by Crippen LogP contribution is 2.13. The SMILES string of the molecule is C.CC1CCN(C)CC1. The molecule has 0 N–H and O–H groups in total. The summed E-state index contributed by atoms with van der Waals surface area (Å²) in [4.78, 5) is 2.40. The lowest BCUT2D eigenvalue weighted by Gasteiger charge is -2.26. The van der Waals surface area contributed by atoms with E-state index in [-0.39, 0.29) is 7.43 Å². The molecule has 0 amide bonds. The summed E-state index contributed by atoms with van der Waals surface area (Å²) in [5.74, 6) is 0.978. The van der Waals surface area contributed by atoms with Gasteiger partial charge in [0.1, 0.15) is 0 Å². The third-order valence-electron chi connectivity index (χ3n) is 2.01. The molecule has 0 bridgehead atoms. The highest BCUT2D eigenvalue weighted by atomic mass is 15.1. The smallest absolute Gasteiger partial charge is 0.00192 e. The summed E-state index contributed by atoms with van der Waals surface area (Å²) >= 11 is 0. The van der Waals surface area contributed by atoms with E-state index in [0.29, 0.717) is 0 Å². The minimum Gasteiger partial charge on any atom is -0.306 e. The van der Waals surface area contributed by atoms with Gasteiger partial charge < -0.3 is 4.90 Å². The van der Waals surface area contributed by atoms with E-state index in [4.69, 9.17) is 0 Å². The van der Waals surface area contributed by atoms with E-state index in [9.17, 15) is 0 Å². The lowest BCUT2D eigenvalue weighted by Crippen LogP contribution is -2.28. The topological polar surface area (TPSA) is 3.24 Å². The number of hydrogen-bond donors (Lipinski definition) is 0. The molecule has 0 saturated carbocycles. The third kappa shape index (κ3) is 2.85. The van der Waals surface area contributed by atoms with E-state index in [1.165, 1.54) is 25.9 Å². The minimum absolute atomic E-state index is 0. The van der Waals surface area contributed by atoms with E-state index in [2.05, 4.69) is 18.9 Å². The molecule has 0 aromatic carbocycles. The Hall–Kier alpha value is -0.0400. The molecule has 1 rings (SSSR count). The Bertz CT molecular complexity index is 53.0. The highest BCUT2D eigenvalue weighted by Gasteiger charge is 2.10. The predicted octanol–water partition coefficient (Wildman–Crippen LogP) is 1.98. The molecule has 1 heteroatoms. The minimum atomic E-state index is 0. The molecule has 1 aliphatic rings. The molecule has 9 heavy (non-hydrogen) atoms. The van der Waals surface area contributed by atoms with Gasteiger partial charge in [-0.05, 0) is 38.9 Å². The first-order valence-corrected chi connectivity index (χ1v) is 3.47. The van der Waals surface area contributed by atoms with Crippen molar-refractivity contribution in [1.29, 1.82) is 0 Å². The molecule has 0 spiro atoms. The summed E-state index contributed by atoms with van der Waals surface area (Å²) in [6.07, 6.45) is 2.80. The second-order valence-corrected chi connectivity index (χ2v) is 2.99. The van der Waals surface area contributed by atoms with Crippen LogP contribution < -0.4 is 0 Å². The van der Waals surface area contributed by atoms with Crippen LogP contribution in [0.25, 0.3) is 0 Å². The van der Waals surface area contributed by atoms with Crippen LogP contribution >= 0.6 is 0 Å². The zero-order chi connectivity index (χ0) is 5.98. The van der Waals surface area contributed by atoms with Gasteiger partial charge in [0.25, 0.3) is 0 Å². The lowest BCUT2D eigenvalue weighted by molar-refractivity contribution is 0.230. The Labute approximate surface area is 59.1 Å². The van der Waals surface area contributed by atoms with Crippen LogP contribution in [0.4, 0.5) is 0 Å². The molecule has 1 nitrogen and oxygen atoms in total. The second-order valence-electron chi connectivity index (χ2n) is 2.99. The molecule has 0 aliphatic carbocycles. The van der Waals surface area contributed by atoms with Crippen LogP contribution in [0.3, 0.4) is 0 Å². The van der Waals surface area contributed by atoms with Crippen molar-refractivity contribution >= 4 is 0 Å². The van der Waals surface area contributed by atoms with Crippen LogP contribution in [0.15, 0.2) is 0 Å². The number of piperidine rings is 1. The molecule has 0 unspecified atom stereocenters. The van der Waals surface area contributed by atoms with Crippen molar-refractivity contribution in [3.63, 3.8) is 0 Å². The van der Waals surface area contributed by atoms with Gasteiger partial charge in [-0.2, -0.15) is 0 Å². The van der Waals surface area contributed by atoms with E-state index >= 15 is 0 Å². The van der Waals surface area contributed by atoms with Gasteiger partial charge in [0, 0.05) is 0 Å². The summed E-state index contributed by atoms with van der Waals surface area (Å²) < 4.78 is 0. The van der Waals surface area contributed by atoms with Gasteiger partial charge in [-0.1, -0.05) is 14.4 Å².